The van der Waals surface area contributed by atoms with Gasteiger partial charge in [-0.1, -0.05) is 54.2 Å². The fraction of sp³-hybridized carbons (Fsp3) is 0.350. The van der Waals surface area contributed by atoms with E-state index in [2.05, 4.69) is 29.9 Å². The molecule has 25 heavy (non-hydrogen) atoms. The Bertz CT molecular complexity index is 711. The summed E-state index contributed by atoms with van der Waals surface area (Å²) >= 11 is 0. The minimum atomic E-state index is -0.364. The molecule has 1 saturated carbocycles. The van der Waals surface area contributed by atoms with E-state index in [9.17, 15) is 4.79 Å². The number of hydrogen-bond donors (Lipinski definition) is 1. The van der Waals surface area contributed by atoms with Gasteiger partial charge < -0.3 is 4.74 Å². The van der Waals surface area contributed by atoms with Crippen molar-refractivity contribution in [3.8, 4) is 11.1 Å². The standard InChI is InChI=1S/C20H21NO4/c22-20(25-14-6-5-7-14)13-24-21-23-12-19-17-10-3-1-8-15(17)16-9-2-4-11-18(16)19/h1-4,8-11,14,19,21H,5-7,12-13H2. The van der Waals surface area contributed by atoms with E-state index < -0.39 is 0 Å². The quantitative estimate of drug-likeness (QED) is 0.476. The monoisotopic (exact) mass is 339 g/mol. The number of benzene rings is 2. The van der Waals surface area contributed by atoms with Crippen molar-refractivity contribution in [2.75, 3.05) is 13.2 Å². The van der Waals surface area contributed by atoms with Gasteiger partial charge in [-0.25, -0.2) is 4.79 Å². The Morgan fingerprint density at radius 2 is 1.60 bits per heavy atom. The zero-order valence-electron chi connectivity index (χ0n) is 13.9. The van der Waals surface area contributed by atoms with Crippen LogP contribution in [0.4, 0.5) is 0 Å². The summed E-state index contributed by atoms with van der Waals surface area (Å²) in [6.45, 7) is 0.264. The third kappa shape index (κ3) is 3.44. The lowest BCUT2D eigenvalue weighted by atomic mass is 9.96. The molecule has 0 aromatic heterocycles. The van der Waals surface area contributed by atoms with Gasteiger partial charge in [0, 0.05) is 5.92 Å². The highest BCUT2D eigenvalue weighted by molar-refractivity contribution is 5.78. The Balaban J connectivity index is 1.29. The number of esters is 1. The van der Waals surface area contributed by atoms with Crippen LogP contribution in [0.3, 0.4) is 0 Å². The SMILES string of the molecule is O=C(CONOCC1c2ccccc2-c2ccccc21)OC1CCC1. The maximum atomic E-state index is 11.6. The average molecular weight is 339 g/mol. The minimum absolute atomic E-state index is 0.0727. The van der Waals surface area contributed by atoms with Gasteiger partial charge in [0.15, 0.2) is 6.61 Å². The van der Waals surface area contributed by atoms with E-state index in [4.69, 9.17) is 14.4 Å². The second kappa shape index (κ2) is 7.35. The molecule has 0 heterocycles. The van der Waals surface area contributed by atoms with Gasteiger partial charge in [0.05, 0.1) is 6.61 Å². The van der Waals surface area contributed by atoms with E-state index in [1.54, 1.807) is 0 Å². The number of rotatable bonds is 7. The van der Waals surface area contributed by atoms with Crippen molar-refractivity contribution in [2.24, 2.45) is 0 Å². The van der Waals surface area contributed by atoms with E-state index >= 15 is 0 Å². The van der Waals surface area contributed by atoms with E-state index in [1.165, 1.54) is 22.3 Å². The van der Waals surface area contributed by atoms with Crippen LogP contribution in [0, 0.1) is 0 Å². The lowest BCUT2D eigenvalue weighted by molar-refractivity contribution is -0.193. The fourth-order valence-corrected chi connectivity index (χ4v) is 3.40. The largest absolute Gasteiger partial charge is 0.461 e. The molecule has 5 heteroatoms. The number of ether oxygens (including phenoxy) is 1. The molecule has 2 aromatic rings. The first-order chi connectivity index (χ1) is 12.3. The average Bonchev–Trinajstić information content (AvgIpc) is 2.92. The number of carbonyl (C=O) groups is 1. The van der Waals surface area contributed by atoms with Gasteiger partial charge in [0.2, 0.25) is 0 Å². The maximum Gasteiger partial charge on any atom is 0.334 e. The highest BCUT2D eigenvalue weighted by Gasteiger charge is 2.28. The molecule has 0 saturated heterocycles. The third-order valence-corrected chi connectivity index (χ3v) is 4.87. The topological polar surface area (TPSA) is 56.8 Å². The summed E-state index contributed by atoms with van der Waals surface area (Å²) < 4.78 is 5.20. The first-order valence-electron chi connectivity index (χ1n) is 8.69. The smallest absolute Gasteiger partial charge is 0.334 e. The summed E-state index contributed by atoms with van der Waals surface area (Å²) in [5.74, 6) is -0.220. The molecule has 1 fully saturated rings. The number of fused-ring (bicyclic) bond motifs is 3. The number of nitrogens with one attached hydrogen (secondary N) is 1. The molecular formula is C20H21NO4. The van der Waals surface area contributed by atoms with Crippen molar-refractivity contribution in [3.63, 3.8) is 0 Å². The highest BCUT2D eigenvalue weighted by Crippen LogP contribution is 2.44. The van der Waals surface area contributed by atoms with E-state index in [1.807, 2.05) is 24.3 Å². The highest BCUT2D eigenvalue weighted by atomic mass is 16.9. The van der Waals surface area contributed by atoms with Crippen LogP contribution in [0.2, 0.25) is 0 Å². The normalized spacial score (nSPS) is 16.2. The van der Waals surface area contributed by atoms with Gasteiger partial charge in [-0.05, 0) is 41.5 Å². The van der Waals surface area contributed by atoms with Crippen molar-refractivity contribution in [3.05, 3.63) is 59.7 Å². The predicted octanol–water partition coefficient (Wildman–Crippen LogP) is 3.35. The lowest BCUT2D eigenvalue weighted by Gasteiger charge is -2.24. The molecule has 2 aromatic carbocycles. The fourth-order valence-electron chi connectivity index (χ4n) is 3.40. The van der Waals surface area contributed by atoms with Crippen molar-refractivity contribution in [2.45, 2.75) is 31.3 Å². The molecule has 0 radical (unpaired) electrons. The zero-order chi connectivity index (χ0) is 17.1. The first-order valence-corrected chi connectivity index (χ1v) is 8.69. The Labute approximate surface area is 146 Å². The summed E-state index contributed by atoms with van der Waals surface area (Å²) in [7, 11) is 0. The molecule has 1 N–H and O–H groups in total. The van der Waals surface area contributed by atoms with Crippen molar-refractivity contribution < 1.29 is 19.2 Å². The summed E-state index contributed by atoms with van der Waals surface area (Å²) in [6.07, 6.45) is 3.11. The van der Waals surface area contributed by atoms with Crippen LogP contribution in [-0.2, 0) is 19.2 Å². The van der Waals surface area contributed by atoms with E-state index in [0.717, 1.165) is 19.3 Å². The summed E-state index contributed by atoms with van der Waals surface area (Å²) in [4.78, 5) is 22.1. The molecule has 5 nitrogen and oxygen atoms in total. The Morgan fingerprint density at radius 3 is 2.20 bits per heavy atom. The van der Waals surface area contributed by atoms with Crippen LogP contribution in [0.25, 0.3) is 11.1 Å². The molecule has 0 bridgehead atoms. The van der Waals surface area contributed by atoms with Crippen LogP contribution in [0.5, 0.6) is 0 Å². The van der Waals surface area contributed by atoms with E-state index in [-0.39, 0.29) is 24.6 Å². The molecule has 0 amide bonds. The van der Waals surface area contributed by atoms with Gasteiger partial charge >= 0.3 is 5.97 Å². The van der Waals surface area contributed by atoms with Crippen molar-refractivity contribution in [1.29, 1.82) is 0 Å². The predicted molar refractivity (Wildman–Crippen MR) is 92.5 cm³/mol. The third-order valence-electron chi connectivity index (χ3n) is 4.87. The van der Waals surface area contributed by atoms with Crippen LogP contribution >= 0.6 is 0 Å². The molecule has 2 aliphatic carbocycles. The second-order valence-corrected chi connectivity index (χ2v) is 6.45. The summed E-state index contributed by atoms with van der Waals surface area (Å²) in [5.41, 5.74) is 7.40. The molecule has 130 valence electrons. The molecule has 0 atom stereocenters. The Kier molecular flexibility index (Phi) is 4.78. The van der Waals surface area contributed by atoms with Gasteiger partial charge in [-0.15, -0.1) is 0 Å². The van der Waals surface area contributed by atoms with Crippen LogP contribution in [0.1, 0.15) is 36.3 Å². The van der Waals surface area contributed by atoms with Gasteiger partial charge in [-0.3, -0.25) is 9.68 Å². The zero-order valence-corrected chi connectivity index (χ0v) is 13.9. The van der Waals surface area contributed by atoms with Gasteiger partial charge in [-0.2, -0.15) is 0 Å². The van der Waals surface area contributed by atoms with Crippen molar-refractivity contribution in [1.82, 2.24) is 5.64 Å². The number of carbonyl (C=O) groups excluding carboxylic acids is 1. The molecule has 0 unspecified atom stereocenters. The molecule has 2 aliphatic rings. The molecule has 0 aliphatic heterocycles. The second-order valence-electron chi connectivity index (χ2n) is 6.45. The molecular weight excluding hydrogens is 318 g/mol. The minimum Gasteiger partial charge on any atom is -0.461 e. The molecule has 4 rings (SSSR count). The summed E-state index contributed by atoms with van der Waals surface area (Å²) in [5, 5.41) is 0. The van der Waals surface area contributed by atoms with Gasteiger partial charge in [0.1, 0.15) is 6.10 Å². The first kappa shape index (κ1) is 16.3. The summed E-state index contributed by atoms with van der Waals surface area (Å²) in [6, 6.07) is 16.7. The lowest BCUT2D eigenvalue weighted by Crippen LogP contribution is -2.29. The Morgan fingerprint density at radius 1 is 0.960 bits per heavy atom. The Hall–Kier alpha value is -2.21. The molecule has 0 spiro atoms. The van der Waals surface area contributed by atoms with Crippen LogP contribution in [0.15, 0.2) is 48.5 Å². The number of hydrogen-bond acceptors (Lipinski definition) is 5. The van der Waals surface area contributed by atoms with Gasteiger partial charge in [0.25, 0.3) is 0 Å². The van der Waals surface area contributed by atoms with Crippen molar-refractivity contribution >= 4 is 5.97 Å². The van der Waals surface area contributed by atoms with E-state index in [0.29, 0.717) is 6.61 Å². The maximum absolute atomic E-state index is 11.6. The van der Waals surface area contributed by atoms with Crippen LogP contribution in [-0.4, -0.2) is 25.3 Å². The van der Waals surface area contributed by atoms with Crippen LogP contribution < -0.4 is 5.64 Å².